The lowest BCUT2D eigenvalue weighted by Crippen LogP contribution is -2.33. The maximum Gasteiger partial charge on any atom is 0.313 e. The standard InChI is InChI=1S/C15H17NO4S/c1-10-7-13(17)16(15(10)21-9-14(18)19)8-11-3-5-12(20-2)6-4-11/h3-7,15H,8-9H2,1-2H3,(H,18,19). The summed E-state index contributed by atoms with van der Waals surface area (Å²) in [5, 5.41) is 8.59. The molecular weight excluding hydrogens is 290 g/mol. The maximum absolute atomic E-state index is 12.0. The highest BCUT2D eigenvalue weighted by Crippen LogP contribution is 2.30. The lowest BCUT2D eigenvalue weighted by atomic mass is 10.2. The van der Waals surface area contributed by atoms with Gasteiger partial charge in [-0.25, -0.2) is 0 Å². The van der Waals surface area contributed by atoms with Crippen molar-refractivity contribution in [2.45, 2.75) is 18.8 Å². The van der Waals surface area contributed by atoms with Crippen molar-refractivity contribution < 1.29 is 19.4 Å². The Balaban J connectivity index is 2.08. The monoisotopic (exact) mass is 307 g/mol. The Bertz CT molecular complexity index is 568. The van der Waals surface area contributed by atoms with Crippen LogP contribution in [0.2, 0.25) is 0 Å². The van der Waals surface area contributed by atoms with Gasteiger partial charge >= 0.3 is 5.97 Å². The number of nitrogens with zero attached hydrogens (tertiary/aromatic N) is 1. The molecule has 1 unspecified atom stereocenters. The smallest absolute Gasteiger partial charge is 0.313 e. The van der Waals surface area contributed by atoms with Gasteiger partial charge in [-0.3, -0.25) is 9.59 Å². The summed E-state index contributed by atoms with van der Waals surface area (Å²) >= 11 is 1.25. The van der Waals surface area contributed by atoms with Crippen LogP contribution in [-0.4, -0.2) is 40.1 Å². The summed E-state index contributed by atoms with van der Waals surface area (Å²) in [6.07, 6.45) is 1.57. The van der Waals surface area contributed by atoms with Gasteiger partial charge in [-0.2, -0.15) is 0 Å². The number of amides is 1. The van der Waals surface area contributed by atoms with Gasteiger partial charge in [0, 0.05) is 12.6 Å². The fourth-order valence-corrected chi connectivity index (χ4v) is 3.16. The number of carbonyl (C=O) groups excluding carboxylic acids is 1. The van der Waals surface area contributed by atoms with Crippen molar-refractivity contribution in [3.05, 3.63) is 41.5 Å². The molecule has 0 saturated heterocycles. The van der Waals surface area contributed by atoms with E-state index in [0.29, 0.717) is 6.54 Å². The number of aliphatic carboxylic acids is 1. The topological polar surface area (TPSA) is 66.8 Å². The van der Waals surface area contributed by atoms with Gasteiger partial charge in [-0.05, 0) is 30.2 Å². The largest absolute Gasteiger partial charge is 0.497 e. The molecule has 21 heavy (non-hydrogen) atoms. The molecule has 1 N–H and O–H groups in total. The van der Waals surface area contributed by atoms with Gasteiger partial charge in [0.2, 0.25) is 5.91 Å². The average molecular weight is 307 g/mol. The summed E-state index contributed by atoms with van der Waals surface area (Å²) < 4.78 is 5.10. The molecule has 1 aromatic rings. The normalized spacial score (nSPS) is 17.8. The van der Waals surface area contributed by atoms with E-state index in [-0.39, 0.29) is 17.0 Å². The number of carbonyl (C=O) groups is 2. The lowest BCUT2D eigenvalue weighted by Gasteiger charge is -2.25. The molecule has 1 atom stereocenters. The second kappa shape index (κ2) is 6.67. The molecule has 1 aromatic carbocycles. The van der Waals surface area contributed by atoms with Crippen LogP contribution in [0.15, 0.2) is 35.9 Å². The second-order valence-corrected chi connectivity index (χ2v) is 5.83. The first kappa shape index (κ1) is 15.4. The van der Waals surface area contributed by atoms with Crippen LogP contribution in [0.1, 0.15) is 12.5 Å². The molecule has 1 aliphatic rings. The van der Waals surface area contributed by atoms with Crippen LogP contribution in [0.25, 0.3) is 0 Å². The zero-order valence-corrected chi connectivity index (χ0v) is 12.7. The zero-order chi connectivity index (χ0) is 15.4. The van der Waals surface area contributed by atoms with Gasteiger partial charge < -0.3 is 14.7 Å². The van der Waals surface area contributed by atoms with Gasteiger partial charge in [-0.1, -0.05) is 12.1 Å². The quantitative estimate of drug-likeness (QED) is 0.872. The molecule has 1 amide bonds. The first-order valence-electron chi connectivity index (χ1n) is 6.46. The summed E-state index contributed by atoms with van der Waals surface area (Å²) in [6.45, 7) is 2.30. The van der Waals surface area contributed by atoms with Crippen molar-refractivity contribution in [2.24, 2.45) is 0 Å². The molecule has 0 aromatic heterocycles. The van der Waals surface area contributed by atoms with Crippen LogP contribution in [0.4, 0.5) is 0 Å². The summed E-state index contributed by atoms with van der Waals surface area (Å²) in [6, 6.07) is 7.49. The molecular formula is C15H17NO4S. The minimum absolute atomic E-state index is 0.0256. The Morgan fingerprint density at radius 1 is 1.38 bits per heavy atom. The Morgan fingerprint density at radius 3 is 2.62 bits per heavy atom. The number of hydrogen-bond donors (Lipinski definition) is 1. The van der Waals surface area contributed by atoms with Crippen LogP contribution in [0, 0.1) is 0 Å². The minimum Gasteiger partial charge on any atom is -0.497 e. The van der Waals surface area contributed by atoms with E-state index in [4.69, 9.17) is 9.84 Å². The number of thioether (sulfide) groups is 1. The number of hydrogen-bond acceptors (Lipinski definition) is 4. The first-order chi connectivity index (χ1) is 10.0. The third-order valence-corrected chi connectivity index (χ3v) is 4.54. The third-order valence-electron chi connectivity index (χ3n) is 3.18. The Morgan fingerprint density at radius 2 is 2.05 bits per heavy atom. The van der Waals surface area contributed by atoms with Crippen LogP contribution < -0.4 is 4.74 Å². The van der Waals surface area contributed by atoms with Crippen LogP contribution >= 0.6 is 11.8 Å². The molecule has 0 saturated carbocycles. The van der Waals surface area contributed by atoms with Crippen molar-refractivity contribution in [1.29, 1.82) is 0 Å². The van der Waals surface area contributed by atoms with Crippen molar-refractivity contribution in [2.75, 3.05) is 12.9 Å². The Kier molecular flexibility index (Phi) is 4.90. The number of carboxylic acid groups (broad SMARTS) is 1. The van der Waals surface area contributed by atoms with E-state index in [0.717, 1.165) is 16.9 Å². The Labute approximate surface area is 127 Å². The molecule has 0 fully saturated rings. The highest BCUT2D eigenvalue weighted by atomic mass is 32.2. The number of ether oxygens (including phenoxy) is 1. The van der Waals surface area contributed by atoms with Crippen LogP contribution in [-0.2, 0) is 16.1 Å². The van der Waals surface area contributed by atoms with E-state index < -0.39 is 5.97 Å². The third kappa shape index (κ3) is 3.78. The molecule has 2 rings (SSSR count). The summed E-state index contributed by atoms with van der Waals surface area (Å²) in [4.78, 5) is 24.4. The van der Waals surface area contributed by atoms with Gasteiger partial charge in [0.05, 0.1) is 12.9 Å². The molecule has 0 spiro atoms. The average Bonchev–Trinajstić information content (AvgIpc) is 2.72. The highest BCUT2D eigenvalue weighted by Gasteiger charge is 2.31. The van der Waals surface area contributed by atoms with Crippen molar-refractivity contribution in [3.8, 4) is 5.75 Å². The number of rotatable bonds is 6. The van der Waals surface area contributed by atoms with Crippen LogP contribution in [0.3, 0.4) is 0 Å². The molecule has 1 heterocycles. The van der Waals surface area contributed by atoms with Gasteiger partial charge in [0.25, 0.3) is 0 Å². The zero-order valence-electron chi connectivity index (χ0n) is 11.9. The molecule has 0 aliphatic carbocycles. The van der Waals surface area contributed by atoms with Crippen molar-refractivity contribution in [1.82, 2.24) is 4.90 Å². The van der Waals surface area contributed by atoms with E-state index >= 15 is 0 Å². The SMILES string of the molecule is COc1ccc(CN2C(=O)C=C(C)C2SCC(=O)O)cc1. The van der Waals surface area contributed by atoms with Gasteiger partial charge in [0.1, 0.15) is 11.1 Å². The second-order valence-electron chi connectivity index (χ2n) is 4.76. The summed E-state index contributed by atoms with van der Waals surface area (Å²) in [7, 11) is 1.60. The Hall–Kier alpha value is -1.95. The summed E-state index contributed by atoms with van der Waals surface area (Å²) in [5.41, 5.74) is 1.87. The number of carboxylic acids is 1. The number of benzene rings is 1. The predicted octanol–water partition coefficient (Wildman–Crippen LogP) is 2.13. The maximum atomic E-state index is 12.0. The molecule has 112 valence electrons. The van der Waals surface area contributed by atoms with E-state index in [1.165, 1.54) is 11.8 Å². The number of methoxy groups -OCH3 is 1. The fraction of sp³-hybridized carbons (Fsp3) is 0.333. The van der Waals surface area contributed by atoms with E-state index in [9.17, 15) is 9.59 Å². The van der Waals surface area contributed by atoms with Gasteiger partial charge in [0.15, 0.2) is 0 Å². The van der Waals surface area contributed by atoms with Crippen molar-refractivity contribution in [3.63, 3.8) is 0 Å². The van der Waals surface area contributed by atoms with Crippen molar-refractivity contribution >= 4 is 23.6 Å². The van der Waals surface area contributed by atoms with Gasteiger partial charge in [-0.15, -0.1) is 11.8 Å². The lowest BCUT2D eigenvalue weighted by molar-refractivity contribution is -0.134. The fourth-order valence-electron chi connectivity index (χ4n) is 2.17. The molecule has 1 aliphatic heterocycles. The molecule has 0 radical (unpaired) electrons. The minimum atomic E-state index is -0.878. The van der Waals surface area contributed by atoms with E-state index in [2.05, 4.69) is 0 Å². The molecule has 5 nitrogen and oxygen atoms in total. The van der Waals surface area contributed by atoms with E-state index in [1.54, 1.807) is 18.1 Å². The summed E-state index contributed by atoms with van der Waals surface area (Å²) in [5.74, 6) is -0.220. The molecule has 0 bridgehead atoms. The first-order valence-corrected chi connectivity index (χ1v) is 7.51. The van der Waals surface area contributed by atoms with E-state index in [1.807, 2.05) is 31.2 Å². The highest BCUT2D eigenvalue weighted by molar-refractivity contribution is 8.00. The van der Waals surface area contributed by atoms with Crippen LogP contribution in [0.5, 0.6) is 5.75 Å². The molecule has 6 heteroatoms. The predicted molar refractivity (Wildman–Crippen MR) is 81.2 cm³/mol.